The van der Waals surface area contributed by atoms with Crippen LogP contribution in [0.25, 0.3) is 33.4 Å². The predicted octanol–water partition coefficient (Wildman–Crippen LogP) is 3.82. The van der Waals surface area contributed by atoms with E-state index in [1.54, 1.807) is 18.3 Å². The van der Waals surface area contributed by atoms with Gasteiger partial charge in [-0.25, -0.2) is 9.97 Å². The number of carbonyl (C=O) groups excluding carboxylic acids is 1. The number of H-pyrrole nitrogens is 1. The molecule has 9 heteroatoms. The Morgan fingerprint density at radius 2 is 1.86 bits per heavy atom. The van der Waals surface area contributed by atoms with Gasteiger partial charge in [0.1, 0.15) is 5.82 Å². The van der Waals surface area contributed by atoms with Crippen molar-refractivity contribution < 1.29 is 9.90 Å². The van der Waals surface area contributed by atoms with Crippen LogP contribution in [0.5, 0.6) is 0 Å². The zero-order valence-corrected chi connectivity index (χ0v) is 19.6. The number of carbonyl (C=O) groups is 1. The minimum absolute atomic E-state index is 0.0277. The molecule has 1 atom stereocenters. The van der Waals surface area contributed by atoms with Crippen LogP contribution in [0.4, 0.5) is 11.5 Å². The Kier molecular flexibility index (Phi) is 6.05. The molecule has 2 aromatic carbocycles. The van der Waals surface area contributed by atoms with E-state index in [4.69, 9.17) is 16.5 Å². The highest BCUT2D eigenvalue weighted by atomic mass is 16.3. The zero-order valence-electron chi connectivity index (χ0n) is 19.6. The molecule has 9 nitrogen and oxygen atoms in total. The van der Waals surface area contributed by atoms with Gasteiger partial charge in [-0.2, -0.15) is 5.10 Å². The molecule has 3 heterocycles. The fourth-order valence-electron chi connectivity index (χ4n) is 4.32. The third-order valence-electron chi connectivity index (χ3n) is 6.11. The number of anilines is 2. The minimum Gasteiger partial charge on any atom is -0.396 e. The molecule has 36 heavy (non-hydrogen) atoms. The Hall–Kier alpha value is -4.76. The van der Waals surface area contributed by atoms with Gasteiger partial charge < -0.3 is 21.9 Å². The second-order valence-electron chi connectivity index (χ2n) is 8.47. The number of nitrogen functional groups attached to an aromatic ring is 1. The zero-order chi connectivity index (χ0) is 25.2. The Balaban J connectivity index is 1.61. The molecule has 0 aliphatic heterocycles. The summed E-state index contributed by atoms with van der Waals surface area (Å²) in [4.78, 5) is 21.5. The molecule has 0 aliphatic carbocycles. The van der Waals surface area contributed by atoms with E-state index in [2.05, 4.69) is 20.5 Å². The first-order valence-corrected chi connectivity index (χ1v) is 11.4. The van der Waals surface area contributed by atoms with E-state index in [1.807, 2.05) is 61.5 Å². The van der Waals surface area contributed by atoms with E-state index in [1.165, 1.54) is 0 Å². The van der Waals surface area contributed by atoms with Crippen molar-refractivity contribution in [2.24, 2.45) is 5.73 Å². The highest BCUT2D eigenvalue weighted by Crippen LogP contribution is 2.37. The van der Waals surface area contributed by atoms with E-state index in [-0.39, 0.29) is 24.0 Å². The molecule has 0 spiro atoms. The summed E-state index contributed by atoms with van der Waals surface area (Å²) in [6.45, 7) is 1.85. The van der Waals surface area contributed by atoms with Crippen LogP contribution in [0.2, 0.25) is 0 Å². The van der Waals surface area contributed by atoms with Crippen LogP contribution in [0, 0.1) is 6.92 Å². The van der Waals surface area contributed by atoms with E-state index in [9.17, 15) is 9.90 Å². The molecule has 7 N–H and O–H groups in total. The Morgan fingerprint density at radius 3 is 2.61 bits per heavy atom. The second kappa shape index (κ2) is 9.47. The van der Waals surface area contributed by atoms with E-state index in [0.29, 0.717) is 22.8 Å². The third-order valence-corrected chi connectivity index (χ3v) is 6.11. The molecule has 0 aliphatic rings. The largest absolute Gasteiger partial charge is 0.396 e. The molecule has 3 aromatic heterocycles. The summed E-state index contributed by atoms with van der Waals surface area (Å²) in [5.41, 5.74) is 17.4. The second-order valence-corrected chi connectivity index (χ2v) is 8.47. The van der Waals surface area contributed by atoms with Crippen molar-refractivity contribution in [3.05, 3.63) is 89.7 Å². The molecule has 0 fully saturated rings. The summed E-state index contributed by atoms with van der Waals surface area (Å²) in [7, 11) is 0. The number of aromatic amines is 1. The number of fused-ring (bicyclic) bond motifs is 1. The number of nitrogens with one attached hydrogen (secondary N) is 2. The molecule has 0 bridgehead atoms. The standard InChI is InChI=1S/C27H25N7O2/c1-15-10-11-19-18(13-30-34-19)24(15)17-12-21(33-26(25(17)28)27(29)36)20-8-5-9-23(31-20)32-22(14-35)16-6-3-2-4-7-16/h2-13,22,35H,14,28H2,1H3,(H2,29,36)(H,30,34)(H,31,32)/t22-/m1/s1. The molecule has 180 valence electrons. The number of pyridine rings is 2. The van der Waals surface area contributed by atoms with Crippen LogP contribution in [-0.2, 0) is 0 Å². The summed E-state index contributed by atoms with van der Waals surface area (Å²) in [6.07, 6.45) is 1.72. The van der Waals surface area contributed by atoms with Crippen molar-refractivity contribution in [1.82, 2.24) is 20.2 Å². The number of nitrogens with two attached hydrogens (primary N) is 2. The maximum absolute atomic E-state index is 12.3. The van der Waals surface area contributed by atoms with Crippen molar-refractivity contribution >= 4 is 28.3 Å². The number of aliphatic hydroxyl groups excluding tert-OH is 1. The monoisotopic (exact) mass is 479 g/mol. The summed E-state index contributed by atoms with van der Waals surface area (Å²) in [5.74, 6) is -0.185. The fourth-order valence-corrected chi connectivity index (χ4v) is 4.32. The number of aryl methyl sites for hydroxylation is 1. The van der Waals surface area contributed by atoms with Crippen LogP contribution < -0.4 is 16.8 Å². The number of amides is 1. The molecular weight excluding hydrogens is 454 g/mol. The molecule has 1 amide bonds. The lowest BCUT2D eigenvalue weighted by Crippen LogP contribution is -2.17. The van der Waals surface area contributed by atoms with Gasteiger partial charge in [-0.3, -0.25) is 9.89 Å². The fraction of sp³-hybridized carbons (Fsp3) is 0.111. The molecule has 5 rings (SSSR count). The van der Waals surface area contributed by atoms with E-state index in [0.717, 1.165) is 27.6 Å². The Morgan fingerprint density at radius 1 is 1.06 bits per heavy atom. The molecular formula is C27H25N7O2. The third kappa shape index (κ3) is 4.23. The lowest BCUT2D eigenvalue weighted by Gasteiger charge is -2.18. The van der Waals surface area contributed by atoms with Crippen molar-refractivity contribution in [2.45, 2.75) is 13.0 Å². The Labute approximate surface area is 207 Å². The summed E-state index contributed by atoms with van der Waals surface area (Å²) in [6, 6.07) is 20.4. The van der Waals surface area contributed by atoms with Crippen molar-refractivity contribution in [1.29, 1.82) is 0 Å². The molecule has 0 saturated heterocycles. The maximum Gasteiger partial charge on any atom is 0.269 e. The minimum atomic E-state index is -0.730. The average molecular weight is 480 g/mol. The van der Waals surface area contributed by atoms with E-state index < -0.39 is 5.91 Å². The lowest BCUT2D eigenvalue weighted by molar-refractivity contribution is 0.0996. The number of hydrogen-bond donors (Lipinski definition) is 5. The maximum atomic E-state index is 12.3. The van der Waals surface area contributed by atoms with E-state index >= 15 is 0 Å². The van der Waals surface area contributed by atoms with Crippen molar-refractivity contribution in [3.63, 3.8) is 0 Å². The number of benzene rings is 2. The average Bonchev–Trinajstić information content (AvgIpc) is 3.37. The quantitative estimate of drug-likeness (QED) is 0.237. The number of rotatable bonds is 7. The number of aliphatic hydroxyl groups is 1. The number of primary amides is 1. The highest BCUT2D eigenvalue weighted by molar-refractivity contribution is 6.05. The van der Waals surface area contributed by atoms with Gasteiger partial charge in [-0.15, -0.1) is 0 Å². The smallest absolute Gasteiger partial charge is 0.269 e. The first-order chi connectivity index (χ1) is 17.5. The summed E-state index contributed by atoms with van der Waals surface area (Å²) >= 11 is 0. The van der Waals surface area contributed by atoms with Gasteiger partial charge in [0.2, 0.25) is 0 Å². The molecule has 0 saturated carbocycles. The van der Waals surface area contributed by atoms with Crippen LogP contribution in [0.1, 0.15) is 27.7 Å². The van der Waals surface area contributed by atoms with Crippen LogP contribution in [0.15, 0.2) is 72.9 Å². The number of aromatic nitrogens is 4. The van der Waals surface area contributed by atoms with Crippen LogP contribution in [0.3, 0.4) is 0 Å². The van der Waals surface area contributed by atoms with Gasteiger partial charge in [-0.1, -0.05) is 42.5 Å². The first kappa shape index (κ1) is 23.0. The number of hydrogen-bond acceptors (Lipinski definition) is 7. The lowest BCUT2D eigenvalue weighted by atomic mass is 9.94. The van der Waals surface area contributed by atoms with Crippen molar-refractivity contribution in [2.75, 3.05) is 17.7 Å². The Bertz CT molecular complexity index is 1560. The molecule has 0 radical (unpaired) electrons. The first-order valence-electron chi connectivity index (χ1n) is 11.4. The normalized spacial score (nSPS) is 11.9. The van der Waals surface area contributed by atoms with Crippen LogP contribution in [-0.4, -0.2) is 37.8 Å². The molecule has 0 unspecified atom stereocenters. The van der Waals surface area contributed by atoms with Gasteiger partial charge in [0.05, 0.1) is 41.4 Å². The SMILES string of the molecule is Cc1ccc2[nH]ncc2c1-c1cc(-c2cccc(N[C@H](CO)c3ccccc3)n2)nc(C(N)=O)c1N. The summed E-state index contributed by atoms with van der Waals surface area (Å²) < 4.78 is 0. The highest BCUT2D eigenvalue weighted by Gasteiger charge is 2.20. The van der Waals surface area contributed by atoms with Gasteiger partial charge in [-0.05, 0) is 47.9 Å². The van der Waals surface area contributed by atoms with Crippen molar-refractivity contribution in [3.8, 4) is 22.5 Å². The van der Waals surface area contributed by atoms with Gasteiger partial charge in [0, 0.05) is 10.9 Å². The topological polar surface area (TPSA) is 156 Å². The number of nitrogens with zero attached hydrogens (tertiary/aromatic N) is 3. The van der Waals surface area contributed by atoms with Gasteiger partial charge in [0.25, 0.3) is 5.91 Å². The summed E-state index contributed by atoms with van der Waals surface area (Å²) in [5, 5.41) is 21.2. The van der Waals surface area contributed by atoms with Gasteiger partial charge in [0.15, 0.2) is 5.69 Å². The predicted molar refractivity (Wildman–Crippen MR) is 140 cm³/mol. The van der Waals surface area contributed by atoms with Gasteiger partial charge >= 0.3 is 0 Å². The van der Waals surface area contributed by atoms with Crippen LogP contribution >= 0.6 is 0 Å². The molecule has 5 aromatic rings.